The van der Waals surface area contributed by atoms with Crippen LogP contribution in [0.5, 0.6) is 0 Å². The van der Waals surface area contributed by atoms with Crippen molar-refractivity contribution in [3.63, 3.8) is 0 Å². The summed E-state index contributed by atoms with van der Waals surface area (Å²) in [7, 11) is 0. The Bertz CT molecular complexity index is 1030. The second-order valence-electron chi connectivity index (χ2n) is 6.71. The highest BCUT2D eigenvalue weighted by molar-refractivity contribution is 6.29. The standard InChI is InChI=1S/C19H16N5/c1-19(2)23-15(20)11-7-3-5-9-13(11)17(23)22-18-14-10-6-4-8-12(14)16(21)24(18)19/h3-10,20-21H,1-2H3/q+1. The molecule has 3 heterocycles. The van der Waals surface area contributed by atoms with E-state index in [2.05, 4.69) is 0 Å². The van der Waals surface area contributed by atoms with Crippen LogP contribution in [0.4, 0.5) is 0 Å². The number of nitrogens with one attached hydrogen (secondary N) is 2. The largest absolute Gasteiger partial charge is 0.284 e. The van der Waals surface area contributed by atoms with E-state index in [1.54, 1.807) is 0 Å². The third kappa shape index (κ3) is 1.36. The van der Waals surface area contributed by atoms with Gasteiger partial charge in [-0.1, -0.05) is 35.3 Å². The third-order valence-corrected chi connectivity index (χ3v) is 5.02. The van der Waals surface area contributed by atoms with E-state index >= 15 is 0 Å². The van der Waals surface area contributed by atoms with Gasteiger partial charge >= 0.3 is 0 Å². The molecule has 5 nitrogen and oxygen atoms in total. The number of hydrogen-bond acceptors (Lipinski definition) is 3. The first-order chi connectivity index (χ1) is 11.5. The molecule has 2 aromatic rings. The number of rotatable bonds is 0. The van der Waals surface area contributed by atoms with E-state index in [9.17, 15) is 0 Å². The SMILES string of the molecule is CC1(C)N2C(=N)c3ccccc3C2=NC2=[N+]1C(=N)c1ccccc12. The van der Waals surface area contributed by atoms with E-state index in [1.165, 1.54) is 0 Å². The molecule has 5 heteroatoms. The van der Waals surface area contributed by atoms with Crippen molar-refractivity contribution in [2.75, 3.05) is 0 Å². The van der Waals surface area contributed by atoms with E-state index in [4.69, 9.17) is 15.8 Å². The maximum atomic E-state index is 8.63. The molecule has 0 radical (unpaired) electrons. The zero-order chi connectivity index (χ0) is 16.6. The van der Waals surface area contributed by atoms with Crippen LogP contribution in [-0.4, -0.2) is 38.5 Å². The Morgan fingerprint density at radius 3 is 2.17 bits per heavy atom. The molecular weight excluding hydrogens is 298 g/mol. The van der Waals surface area contributed by atoms with Crippen molar-refractivity contribution in [1.82, 2.24) is 4.90 Å². The first kappa shape index (κ1) is 13.4. The maximum absolute atomic E-state index is 8.63. The second kappa shape index (κ2) is 4.06. The molecule has 2 aromatic carbocycles. The zero-order valence-corrected chi connectivity index (χ0v) is 13.5. The van der Waals surface area contributed by atoms with Crippen LogP contribution in [0.3, 0.4) is 0 Å². The molecule has 3 aliphatic heterocycles. The van der Waals surface area contributed by atoms with Gasteiger partial charge in [-0.25, -0.2) is 4.58 Å². The molecule has 0 bridgehead atoms. The first-order valence-electron chi connectivity index (χ1n) is 7.94. The van der Waals surface area contributed by atoms with E-state index in [1.807, 2.05) is 71.9 Å². The monoisotopic (exact) mass is 314 g/mol. The predicted octanol–water partition coefficient (Wildman–Crippen LogP) is 2.62. The van der Waals surface area contributed by atoms with Crippen LogP contribution < -0.4 is 0 Å². The summed E-state index contributed by atoms with van der Waals surface area (Å²) in [5, 5.41) is 17.3. The number of aliphatic imine (C=N–C) groups is 1. The first-order valence-corrected chi connectivity index (χ1v) is 7.94. The summed E-state index contributed by atoms with van der Waals surface area (Å²) in [6, 6.07) is 15.8. The molecule has 24 heavy (non-hydrogen) atoms. The molecule has 116 valence electrons. The van der Waals surface area contributed by atoms with Crippen LogP contribution in [0.1, 0.15) is 36.1 Å². The van der Waals surface area contributed by atoms with Gasteiger partial charge in [-0.2, -0.15) is 5.41 Å². The quantitative estimate of drug-likeness (QED) is 0.721. The molecule has 0 amide bonds. The van der Waals surface area contributed by atoms with Gasteiger partial charge in [-0.15, -0.1) is 0 Å². The van der Waals surface area contributed by atoms with Gasteiger partial charge in [0, 0.05) is 11.1 Å². The fourth-order valence-electron chi connectivity index (χ4n) is 3.95. The summed E-state index contributed by atoms with van der Waals surface area (Å²) < 4.78 is 1.93. The summed E-state index contributed by atoms with van der Waals surface area (Å²) in [6.07, 6.45) is 0. The van der Waals surface area contributed by atoms with Crippen LogP contribution in [0.2, 0.25) is 0 Å². The van der Waals surface area contributed by atoms with Gasteiger partial charge in [0.05, 0.1) is 11.1 Å². The Labute approximate surface area is 139 Å². The average Bonchev–Trinajstić information content (AvgIpc) is 3.03. The smallest absolute Gasteiger partial charge is 0.275 e. The highest BCUT2D eigenvalue weighted by Gasteiger charge is 2.53. The fraction of sp³-hybridized carbons (Fsp3) is 0.158. The molecule has 0 saturated heterocycles. The minimum Gasteiger partial charge on any atom is -0.284 e. The number of benzene rings is 2. The van der Waals surface area contributed by atoms with E-state index < -0.39 is 5.66 Å². The third-order valence-electron chi connectivity index (χ3n) is 5.02. The molecule has 2 N–H and O–H groups in total. The number of nitrogens with zero attached hydrogens (tertiary/aromatic N) is 3. The van der Waals surface area contributed by atoms with Crippen molar-refractivity contribution in [2.45, 2.75) is 19.5 Å². The molecule has 0 aliphatic carbocycles. The predicted molar refractivity (Wildman–Crippen MR) is 93.4 cm³/mol. The van der Waals surface area contributed by atoms with Crippen LogP contribution in [0.25, 0.3) is 0 Å². The van der Waals surface area contributed by atoms with Crippen molar-refractivity contribution in [3.8, 4) is 0 Å². The van der Waals surface area contributed by atoms with Gasteiger partial charge in [0.25, 0.3) is 11.7 Å². The fourth-order valence-corrected chi connectivity index (χ4v) is 3.95. The van der Waals surface area contributed by atoms with Crippen LogP contribution >= 0.6 is 0 Å². The molecule has 0 fully saturated rings. The summed E-state index contributed by atoms with van der Waals surface area (Å²) in [4.78, 5) is 6.82. The Kier molecular flexibility index (Phi) is 2.26. The normalized spacial score (nSPS) is 19.8. The number of hydrogen-bond donors (Lipinski definition) is 2. The van der Waals surface area contributed by atoms with Gasteiger partial charge in [0.2, 0.25) is 5.84 Å². The van der Waals surface area contributed by atoms with E-state index in [0.29, 0.717) is 11.7 Å². The average molecular weight is 314 g/mol. The molecule has 0 saturated carbocycles. The van der Waals surface area contributed by atoms with Crippen LogP contribution in [0, 0.1) is 10.8 Å². The van der Waals surface area contributed by atoms with Gasteiger partial charge in [0.1, 0.15) is 5.84 Å². The van der Waals surface area contributed by atoms with Crippen LogP contribution in [-0.2, 0) is 0 Å². The lowest BCUT2D eigenvalue weighted by Crippen LogP contribution is -2.59. The Balaban J connectivity index is 1.84. The lowest BCUT2D eigenvalue weighted by molar-refractivity contribution is -0.519. The van der Waals surface area contributed by atoms with E-state index in [0.717, 1.165) is 33.9 Å². The van der Waals surface area contributed by atoms with Crippen molar-refractivity contribution in [1.29, 1.82) is 10.8 Å². The van der Waals surface area contributed by atoms with Gasteiger partial charge in [-0.05, 0) is 32.0 Å². The van der Waals surface area contributed by atoms with Crippen molar-refractivity contribution in [3.05, 3.63) is 70.8 Å². The highest BCUT2D eigenvalue weighted by atomic mass is 15.5. The zero-order valence-electron chi connectivity index (χ0n) is 13.5. The molecular formula is C19H16N5+. The minimum absolute atomic E-state index is 0.442. The van der Waals surface area contributed by atoms with Gasteiger partial charge in [-0.3, -0.25) is 10.3 Å². The summed E-state index contributed by atoms with van der Waals surface area (Å²) >= 11 is 0. The molecule has 3 aliphatic rings. The van der Waals surface area contributed by atoms with Crippen molar-refractivity contribution < 1.29 is 4.58 Å². The Hall–Kier alpha value is -3.08. The topological polar surface area (TPSA) is 66.3 Å². The highest BCUT2D eigenvalue weighted by Crippen LogP contribution is 2.37. The van der Waals surface area contributed by atoms with Gasteiger partial charge < -0.3 is 0 Å². The maximum Gasteiger partial charge on any atom is 0.275 e. The number of amidine groups is 4. The Morgan fingerprint density at radius 2 is 1.46 bits per heavy atom. The van der Waals surface area contributed by atoms with Gasteiger partial charge in [0.15, 0.2) is 5.66 Å². The summed E-state index contributed by atoms with van der Waals surface area (Å²) in [5.74, 6) is 2.49. The summed E-state index contributed by atoms with van der Waals surface area (Å²) in [5.41, 5.74) is 3.19. The van der Waals surface area contributed by atoms with Crippen molar-refractivity contribution >= 4 is 23.3 Å². The second-order valence-corrected chi connectivity index (χ2v) is 6.71. The van der Waals surface area contributed by atoms with Crippen LogP contribution in [0.15, 0.2) is 53.5 Å². The van der Waals surface area contributed by atoms with Crippen molar-refractivity contribution in [2.24, 2.45) is 4.99 Å². The summed E-state index contributed by atoms with van der Waals surface area (Å²) in [6.45, 7) is 4.09. The number of fused-ring (bicyclic) bond motifs is 5. The molecule has 0 unspecified atom stereocenters. The molecule has 0 atom stereocenters. The van der Waals surface area contributed by atoms with E-state index in [-0.39, 0.29) is 0 Å². The lowest BCUT2D eigenvalue weighted by atomic mass is 10.1. The molecule has 5 rings (SSSR count). The molecule has 0 aromatic heterocycles. The minimum atomic E-state index is -0.571. The Morgan fingerprint density at radius 1 is 0.875 bits per heavy atom. The molecule has 0 spiro atoms. The lowest BCUT2D eigenvalue weighted by Gasteiger charge is -2.37.